The molecule has 0 saturated heterocycles. The summed E-state index contributed by atoms with van der Waals surface area (Å²) in [4.78, 5) is 11.9. The highest BCUT2D eigenvalue weighted by Crippen LogP contribution is 2.26. The van der Waals surface area contributed by atoms with Crippen molar-refractivity contribution in [2.45, 2.75) is 13.0 Å². The highest BCUT2D eigenvalue weighted by molar-refractivity contribution is 5.78. The lowest BCUT2D eigenvalue weighted by Gasteiger charge is -2.16. The number of hydrogen-bond acceptors (Lipinski definition) is 4. The molecule has 2 aromatic carbocycles. The van der Waals surface area contributed by atoms with Crippen molar-refractivity contribution in [3.05, 3.63) is 59.9 Å². The predicted octanol–water partition coefficient (Wildman–Crippen LogP) is 3.03. The van der Waals surface area contributed by atoms with E-state index in [9.17, 15) is 9.18 Å². The Bertz CT molecular complexity index is 680. The predicted molar refractivity (Wildman–Crippen MR) is 94.2 cm³/mol. The van der Waals surface area contributed by atoms with Gasteiger partial charge in [0, 0.05) is 13.7 Å². The van der Waals surface area contributed by atoms with Gasteiger partial charge in [-0.25, -0.2) is 4.39 Å². The average Bonchev–Trinajstić information content (AvgIpc) is 2.61. The number of methoxy groups -OCH3 is 1. The van der Waals surface area contributed by atoms with E-state index in [4.69, 9.17) is 9.47 Å². The Morgan fingerprint density at radius 1 is 1.20 bits per heavy atom. The second-order valence-corrected chi connectivity index (χ2v) is 5.56. The fraction of sp³-hybridized carbons (Fsp3) is 0.316. The summed E-state index contributed by atoms with van der Waals surface area (Å²) in [5.74, 6) is 0.0849. The molecule has 0 radical (unpaired) electrons. The summed E-state index contributed by atoms with van der Waals surface area (Å²) in [6.45, 7) is 3.13. The zero-order valence-corrected chi connectivity index (χ0v) is 14.4. The highest BCUT2D eigenvalue weighted by Gasteiger charge is 2.13. The number of halogens is 1. The molecule has 1 atom stereocenters. The fourth-order valence-electron chi connectivity index (χ4n) is 2.24. The van der Waals surface area contributed by atoms with Crippen molar-refractivity contribution >= 4 is 5.91 Å². The van der Waals surface area contributed by atoms with Crippen molar-refractivity contribution < 1.29 is 18.7 Å². The maximum Gasteiger partial charge on any atom is 0.234 e. The van der Waals surface area contributed by atoms with Gasteiger partial charge in [0.25, 0.3) is 0 Å². The van der Waals surface area contributed by atoms with E-state index in [1.807, 2.05) is 18.2 Å². The number of rotatable bonds is 9. The molecule has 1 unspecified atom stereocenters. The molecule has 0 bridgehead atoms. The first-order valence-corrected chi connectivity index (χ1v) is 8.11. The molecule has 0 aliphatic heterocycles. The Labute approximate surface area is 147 Å². The molecule has 5 nitrogen and oxygen atoms in total. The third-order valence-electron chi connectivity index (χ3n) is 3.57. The van der Waals surface area contributed by atoms with Crippen LogP contribution in [0.5, 0.6) is 11.5 Å². The van der Waals surface area contributed by atoms with Gasteiger partial charge in [-0.05, 0) is 36.8 Å². The minimum absolute atomic E-state index is 0.148. The Morgan fingerprint density at radius 2 is 1.96 bits per heavy atom. The average molecular weight is 346 g/mol. The molecule has 6 heteroatoms. The smallest absolute Gasteiger partial charge is 0.234 e. The maximum absolute atomic E-state index is 14.3. The lowest BCUT2D eigenvalue weighted by atomic mass is 10.1. The summed E-state index contributed by atoms with van der Waals surface area (Å²) in [6, 6.07) is 13.4. The van der Waals surface area contributed by atoms with Gasteiger partial charge in [0.2, 0.25) is 5.91 Å². The van der Waals surface area contributed by atoms with Crippen LogP contribution in [0.2, 0.25) is 0 Å². The summed E-state index contributed by atoms with van der Waals surface area (Å²) < 4.78 is 24.7. The first-order valence-electron chi connectivity index (χ1n) is 8.11. The van der Waals surface area contributed by atoms with Gasteiger partial charge in [-0.3, -0.25) is 4.79 Å². The largest absolute Gasteiger partial charge is 0.454 e. The van der Waals surface area contributed by atoms with Gasteiger partial charge in [0.1, 0.15) is 5.75 Å². The molecule has 0 spiro atoms. The molecule has 0 fully saturated rings. The molecule has 0 aliphatic rings. The molecule has 2 rings (SSSR count). The van der Waals surface area contributed by atoms with Crippen LogP contribution in [-0.4, -0.2) is 32.7 Å². The number of ether oxygens (including phenoxy) is 2. The maximum atomic E-state index is 14.3. The van der Waals surface area contributed by atoms with Gasteiger partial charge in [0.05, 0.1) is 19.2 Å². The van der Waals surface area contributed by atoms with Crippen LogP contribution in [-0.2, 0) is 9.53 Å². The van der Waals surface area contributed by atoms with E-state index >= 15 is 0 Å². The van der Waals surface area contributed by atoms with Crippen molar-refractivity contribution in [2.24, 2.45) is 0 Å². The fourth-order valence-corrected chi connectivity index (χ4v) is 2.24. The number of carbonyl (C=O) groups is 1. The van der Waals surface area contributed by atoms with E-state index in [1.54, 1.807) is 38.3 Å². The summed E-state index contributed by atoms with van der Waals surface area (Å²) >= 11 is 0. The first kappa shape index (κ1) is 18.9. The van der Waals surface area contributed by atoms with Crippen LogP contribution < -0.4 is 15.4 Å². The van der Waals surface area contributed by atoms with Gasteiger partial charge in [0.15, 0.2) is 11.6 Å². The number of amides is 1. The zero-order valence-electron chi connectivity index (χ0n) is 14.4. The van der Waals surface area contributed by atoms with Crippen molar-refractivity contribution in [2.75, 3.05) is 26.8 Å². The normalized spacial score (nSPS) is 11.8. The molecule has 1 amide bonds. The van der Waals surface area contributed by atoms with Gasteiger partial charge in [-0.1, -0.05) is 24.3 Å². The van der Waals surface area contributed by atoms with E-state index in [1.165, 1.54) is 6.07 Å². The molecular weight excluding hydrogens is 323 g/mol. The number of para-hydroxylation sites is 1. The van der Waals surface area contributed by atoms with E-state index in [2.05, 4.69) is 10.6 Å². The summed E-state index contributed by atoms with van der Waals surface area (Å²) in [5, 5.41) is 5.78. The number of benzene rings is 2. The monoisotopic (exact) mass is 346 g/mol. The van der Waals surface area contributed by atoms with E-state index < -0.39 is 5.82 Å². The van der Waals surface area contributed by atoms with E-state index in [0.717, 1.165) is 0 Å². The van der Waals surface area contributed by atoms with Crippen LogP contribution in [0.1, 0.15) is 18.5 Å². The van der Waals surface area contributed by atoms with Crippen LogP contribution in [0.3, 0.4) is 0 Å². The van der Waals surface area contributed by atoms with E-state index in [-0.39, 0.29) is 24.2 Å². The second kappa shape index (κ2) is 9.76. The Kier molecular flexibility index (Phi) is 7.37. The topological polar surface area (TPSA) is 59.6 Å². The minimum atomic E-state index is -0.472. The van der Waals surface area contributed by atoms with Crippen molar-refractivity contribution in [1.82, 2.24) is 10.6 Å². The van der Waals surface area contributed by atoms with Crippen molar-refractivity contribution in [3.8, 4) is 11.5 Å². The Balaban J connectivity index is 1.91. The molecule has 25 heavy (non-hydrogen) atoms. The molecule has 2 N–H and O–H groups in total. The van der Waals surface area contributed by atoms with Crippen LogP contribution >= 0.6 is 0 Å². The number of carbonyl (C=O) groups excluding carboxylic acids is 1. The lowest BCUT2D eigenvalue weighted by molar-refractivity contribution is -0.120. The molecular formula is C19H23FN2O3. The summed E-state index contributed by atoms with van der Waals surface area (Å²) in [7, 11) is 1.60. The Morgan fingerprint density at radius 3 is 2.64 bits per heavy atom. The SMILES string of the molecule is COCCNCC(=O)NC(C)c1ccc(Oc2ccccc2)c(F)c1. The summed E-state index contributed by atoms with van der Waals surface area (Å²) in [6.07, 6.45) is 0. The van der Waals surface area contributed by atoms with Crippen LogP contribution in [0.4, 0.5) is 4.39 Å². The minimum Gasteiger partial charge on any atom is -0.454 e. The van der Waals surface area contributed by atoms with Crippen molar-refractivity contribution in [3.63, 3.8) is 0 Å². The molecule has 0 aliphatic carbocycles. The van der Waals surface area contributed by atoms with Crippen molar-refractivity contribution in [1.29, 1.82) is 0 Å². The summed E-state index contributed by atoms with van der Waals surface area (Å²) in [5.41, 5.74) is 0.670. The van der Waals surface area contributed by atoms with Gasteiger partial charge in [-0.15, -0.1) is 0 Å². The van der Waals surface area contributed by atoms with Gasteiger partial charge < -0.3 is 20.1 Å². The second-order valence-electron chi connectivity index (χ2n) is 5.56. The molecule has 0 heterocycles. The molecule has 134 valence electrons. The quantitative estimate of drug-likeness (QED) is 0.685. The standard InChI is InChI=1S/C19H23FN2O3/c1-14(22-19(23)13-21-10-11-24-2)15-8-9-18(17(20)12-15)25-16-6-4-3-5-7-16/h3-9,12,14,21H,10-11,13H2,1-2H3,(H,22,23). The highest BCUT2D eigenvalue weighted by atomic mass is 19.1. The van der Waals surface area contributed by atoms with Crippen LogP contribution in [0, 0.1) is 5.82 Å². The Hall–Kier alpha value is -2.44. The third kappa shape index (κ3) is 6.17. The third-order valence-corrected chi connectivity index (χ3v) is 3.57. The van der Waals surface area contributed by atoms with Crippen LogP contribution in [0.25, 0.3) is 0 Å². The number of nitrogens with one attached hydrogen (secondary N) is 2. The first-order chi connectivity index (χ1) is 12.1. The van der Waals surface area contributed by atoms with E-state index in [0.29, 0.717) is 24.5 Å². The molecule has 2 aromatic rings. The lowest BCUT2D eigenvalue weighted by Crippen LogP contribution is -2.36. The number of hydrogen-bond donors (Lipinski definition) is 2. The van der Waals surface area contributed by atoms with Gasteiger partial charge >= 0.3 is 0 Å². The zero-order chi connectivity index (χ0) is 18.1. The molecule has 0 saturated carbocycles. The van der Waals surface area contributed by atoms with Gasteiger partial charge in [-0.2, -0.15) is 0 Å². The molecule has 0 aromatic heterocycles. The van der Waals surface area contributed by atoms with Crippen LogP contribution in [0.15, 0.2) is 48.5 Å².